The highest BCUT2D eigenvalue weighted by Crippen LogP contribution is 2.47. The number of aromatic nitrogens is 2. The Morgan fingerprint density at radius 1 is 0.388 bits per heavy atom. The minimum Gasteiger partial charge on any atom is -0.308 e. The Morgan fingerprint density at radius 2 is 1.06 bits per heavy atom. The second kappa shape index (κ2) is 10.2. The Labute approximate surface area is 286 Å². The minimum absolute atomic E-state index is 1.18. The van der Waals surface area contributed by atoms with Gasteiger partial charge in [0.25, 0.3) is 0 Å². The van der Waals surface area contributed by atoms with E-state index in [4.69, 9.17) is 0 Å². The molecule has 3 heterocycles. The van der Waals surface area contributed by atoms with Crippen molar-refractivity contribution in [2.45, 2.75) is 0 Å². The van der Waals surface area contributed by atoms with Crippen LogP contribution in [0.4, 0.5) is 0 Å². The molecule has 11 aromatic rings. The van der Waals surface area contributed by atoms with Crippen LogP contribution in [0.1, 0.15) is 0 Å². The fourth-order valence-corrected chi connectivity index (χ4v) is 9.50. The fourth-order valence-electron chi connectivity index (χ4n) is 8.12. The first-order chi connectivity index (χ1) is 24.3. The molecular weight excluding hydrogens is 613 g/mol. The van der Waals surface area contributed by atoms with Crippen LogP contribution in [0.2, 0.25) is 0 Å². The van der Waals surface area contributed by atoms with E-state index in [1.165, 1.54) is 97.1 Å². The summed E-state index contributed by atoms with van der Waals surface area (Å²) >= 11 is 1.91. The van der Waals surface area contributed by atoms with E-state index in [-0.39, 0.29) is 0 Å². The Morgan fingerprint density at radius 3 is 1.94 bits per heavy atom. The Bertz CT molecular complexity index is 3100. The lowest BCUT2D eigenvalue weighted by atomic mass is 9.96. The number of rotatable bonds is 3. The van der Waals surface area contributed by atoms with Gasteiger partial charge in [-0.05, 0) is 75.1 Å². The SMILES string of the molecule is c1ccc(-n2c3ccccc3c3c4ccc5c6ccccc6n(-c6ccc7cc(-c8cccc9ccccc89)ccc7c6)c5c4sc32)cc1. The van der Waals surface area contributed by atoms with Crippen LogP contribution >= 0.6 is 11.3 Å². The molecule has 0 spiro atoms. The standard InChI is InChI=1S/C46H28N2S/c1-2-13-33(14-3-1)48-42-20-9-7-17-39(42)43-40-26-25-38-37-16-6-8-19-41(37)47(44(38)45(40)49-46(43)48)34-24-23-30-27-32(22-21-31(30)28-34)36-18-10-12-29-11-4-5-15-35(29)36/h1-28H. The van der Waals surface area contributed by atoms with Gasteiger partial charge in [0.15, 0.2) is 0 Å². The zero-order valence-electron chi connectivity index (χ0n) is 26.5. The molecule has 3 heteroatoms. The third kappa shape index (κ3) is 3.82. The zero-order chi connectivity index (χ0) is 32.1. The number of hydrogen-bond acceptors (Lipinski definition) is 1. The van der Waals surface area contributed by atoms with Crippen molar-refractivity contribution in [3.63, 3.8) is 0 Å². The van der Waals surface area contributed by atoms with Crippen molar-refractivity contribution < 1.29 is 0 Å². The van der Waals surface area contributed by atoms with Gasteiger partial charge in [-0.15, -0.1) is 11.3 Å². The molecule has 8 aromatic carbocycles. The molecule has 0 N–H and O–H groups in total. The van der Waals surface area contributed by atoms with E-state index >= 15 is 0 Å². The molecule has 0 unspecified atom stereocenters. The summed E-state index contributed by atoms with van der Waals surface area (Å²) in [5.74, 6) is 0. The zero-order valence-corrected chi connectivity index (χ0v) is 27.3. The van der Waals surface area contributed by atoms with Gasteiger partial charge in [-0.3, -0.25) is 0 Å². The molecule has 0 amide bonds. The van der Waals surface area contributed by atoms with Crippen molar-refractivity contribution in [2.24, 2.45) is 0 Å². The van der Waals surface area contributed by atoms with Gasteiger partial charge in [0.1, 0.15) is 4.83 Å². The molecule has 0 saturated carbocycles. The summed E-state index contributed by atoms with van der Waals surface area (Å²) in [5.41, 5.74) is 8.63. The smallest absolute Gasteiger partial charge is 0.109 e. The summed E-state index contributed by atoms with van der Waals surface area (Å²) in [6.45, 7) is 0. The molecule has 0 saturated heterocycles. The quantitative estimate of drug-likeness (QED) is 0.182. The number of nitrogens with zero attached hydrogens (tertiary/aromatic N) is 2. The average Bonchev–Trinajstić information content (AvgIpc) is 3.81. The van der Waals surface area contributed by atoms with Crippen LogP contribution in [0, 0.1) is 0 Å². The van der Waals surface area contributed by atoms with Crippen molar-refractivity contribution in [2.75, 3.05) is 0 Å². The molecule has 0 bridgehead atoms. The van der Waals surface area contributed by atoms with Gasteiger partial charge in [-0.25, -0.2) is 0 Å². The van der Waals surface area contributed by atoms with Crippen molar-refractivity contribution in [3.8, 4) is 22.5 Å². The lowest BCUT2D eigenvalue weighted by Crippen LogP contribution is -1.94. The van der Waals surface area contributed by atoms with Crippen LogP contribution in [-0.2, 0) is 0 Å². The molecule has 11 rings (SSSR count). The van der Waals surface area contributed by atoms with E-state index in [0.717, 1.165) is 0 Å². The first kappa shape index (κ1) is 26.9. The highest BCUT2D eigenvalue weighted by atomic mass is 32.1. The summed E-state index contributed by atoms with van der Waals surface area (Å²) in [6.07, 6.45) is 0. The summed E-state index contributed by atoms with van der Waals surface area (Å²) in [4.78, 5) is 1.28. The predicted molar refractivity (Wildman–Crippen MR) is 211 cm³/mol. The summed E-state index contributed by atoms with van der Waals surface area (Å²) in [5, 5.41) is 11.5. The third-order valence-electron chi connectivity index (χ3n) is 10.3. The normalized spacial score (nSPS) is 12.1. The van der Waals surface area contributed by atoms with Crippen molar-refractivity contribution in [1.82, 2.24) is 9.13 Å². The van der Waals surface area contributed by atoms with Crippen molar-refractivity contribution >= 4 is 85.9 Å². The van der Waals surface area contributed by atoms with Gasteiger partial charge >= 0.3 is 0 Å². The van der Waals surface area contributed by atoms with Crippen LogP contribution in [0.25, 0.3) is 97.1 Å². The maximum atomic E-state index is 2.50. The predicted octanol–water partition coefficient (Wildman–Crippen LogP) is 13.1. The molecule has 0 aliphatic rings. The lowest BCUT2D eigenvalue weighted by molar-refractivity contribution is 1.19. The number of hydrogen-bond donors (Lipinski definition) is 0. The molecule has 228 valence electrons. The monoisotopic (exact) mass is 640 g/mol. The van der Waals surface area contributed by atoms with Gasteiger partial charge in [0, 0.05) is 38.3 Å². The molecular formula is C46H28N2S. The maximum absolute atomic E-state index is 2.50. The number of benzene rings is 8. The molecule has 49 heavy (non-hydrogen) atoms. The maximum Gasteiger partial charge on any atom is 0.109 e. The van der Waals surface area contributed by atoms with E-state index in [9.17, 15) is 0 Å². The van der Waals surface area contributed by atoms with E-state index in [2.05, 4.69) is 179 Å². The summed E-state index contributed by atoms with van der Waals surface area (Å²) in [7, 11) is 0. The molecule has 0 radical (unpaired) electrons. The van der Waals surface area contributed by atoms with Crippen LogP contribution in [0.3, 0.4) is 0 Å². The summed E-state index contributed by atoms with van der Waals surface area (Å²) < 4.78 is 6.26. The third-order valence-corrected chi connectivity index (χ3v) is 11.5. The highest BCUT2D eigenvalue weighted by Gasteiger charge is 2.22. The lowest BCUT2D eigenvalue weighted by Gasteiger charge is -2.12. The molecule has 0 fully saturated rings. The van der Waals surface area contributed by atoms with Crippen molar-refractivity contribution in [1.29, 1.82) is 0 Å². The van der Waals surface area contributed by atoms with Gasteiger partial charge in [-0.1, -0.05) is 127 Å². The van der Waals surface area contributed by atoms with Crippen molar-refractivity contribution in [3.05, 3.63) is 170 Å². The van der Waals surface area contributed by atoms with E-state index < -0.39 is 0 Å². The van der Waals surface area contributed by atoms with Crippen LogP contribution < -0.4 is 0 Å². The topological polar surface area (TPSA) is 9.86 Å². The molecule has 0 atom stereocenters. The van der Waals surface area contributed by atoms with Gasteiger partial charge in [0.2, 0.25) is 0 Å². The molecule has 2 nitrogen and oxygen atoms in total. The second-order valence-electron chi connectivity index (χ2n) is 12.9. The molecule has 3 aromatic heterocycles. The Kier molecular flexibility index (Phi) is 5.57. The second-order valence-corrected chi connectivity index (χ2v) is 13.9. The molecule has 0 aliphatic heterocycles. The minimum atomic E-state index is 1.18. The van der Waals surface area contributed by atoms with Gasteiger partial charge < -0.3 is 9.13 Å². The number of thiophene rings is 1. The van der Waals surface area contributed by atoms with Gasteiger partial charge in [0.05, 0.1) is 21.3 Å². The molecule has 0 aliphatic carbocycles. The van der Waals surface area contributed by atoms with E-state index in [1.54, 1.807) is 0 Å². The highest BCUT2D eigenvalue weighted by molar-refractivity contribution is 7.26. The first-order valence-electron chi connectivity index (χ1n) is 16.8. The Hall–Kier alpha value is -6.16. The summed E-state index contributed by atoms with van der Waals surface area (Å²) in [6, 6.07) is 62.2. The average molecular weight is 641 g/mol. The van der Waals surface area contributed by atoms with Crippen LogP contribution in [-0.4, -0.2) is 9.13 Å². The van der Waals surface area contributed by atoms with E-state index in [1.807, 2.05) is 11.3 Å². The Balaban J connectivity index is 1.18. The number of para-hydroxylation sites is 3. The number of fused-ring (bicyclic) bond motifs is 11. The van der Waals surface area contributed by atoms with Crippen LogP contribution in [0.5, 0.6) is 0 Å². The van der Waals surface area contributed by atoms with Crippen LogP contribution in [0.15, 0.2) is 170 Å². The largest absolute Gasteiger partial charge is 0.308 e. The van der Waals surface area contributed by atoms with Gasteiger partial charge in [-0.2, -0.15) is 0 Å². The first-order valence-corrected chi connectivity index (χ1v) is 17.6. The fraction of sp³-hybridized carbons (Fsp3) is 0. The van der Waals surface area contributed by atoms with E-state index in [0.29, 0.717) is 0 Å².